The Hall–Kier alpha value is -1.26. The Morgan fingerprint density at radius 1 is 1.25 bits per heavy atom. The lowest BCUT2D eigenvalue weighted by atomic mass is 10.4. The molecule has 3 nitrogen and oxygen atoms in total. The van der Waals surface area contributed by atoms with Crippen molar-refractivity contribution in [1.82, 2.24) is 9.97 Å². The highest BCUT2D eigenvalue weighted by Crippen LogP contribution is 2.31. The van der Waals surface area contributed by atoms with Crippen LogP contribution in [0.25, 0.3) is 0 Å². The lowest BCUT2D eigenvalue weighted by Crippen LogP contribution is -1.95. The van der Waals surface area contributed by atoms with Crippen LogP contribution in [-0.4, -0.2) is 17.0 Å². The molecule has 82 valence electrons. The first-order valence-corrected chi connectivity index (χ1v) is 5.92. The number of nitrogens with zero attached hydrogens (tertiary/aromatic N) is 2. The summed E-state index contributed by atoms with van der Waals surface area (Å²) in [5.41, 5.74) is 0. The van der Waals surface area contributed by atoms with Crippen molar-refractivity contribution in [2.75, 3.05) is 12.4 Å². The molecule has 0 radical (unpaired) electrons. The summed E-state index contributed by atoms with van der Waals surface area (Å²) in [6.07, 6.45) is 1.72. The smallest absolute Gasteiger partial charge is 0.223 e. The highest BCUT2D eigenvalue weighted by molar-refractivity contribution is 7.99. The van der Waals surface area contributed by atoms with E-state index < -0.39 is 0 Å². The van der Waals surface area contributed by atoms with E-state index in [1.807, 2.05) is 30.3 Å². The van der Waals surface area contributed by atoms with E-state index in [9.17, 15) is 0 Å². The Kier molecular flexibility index (Phi) is 3.64. The molecule has 0 spiro atoms. The maximum Gasteiger partial charge on any atom is 0.223 e. The van der Waals surface area contributed by atoms with E-state index in [1.165, 1.54) is 11.8 Å². The van der Waals surface area contributed by atoms with Crippen molar-refractivity contribution in [1.29, 1.82) is 0 Å². The van der Waals surface area contributed by atoms with Crippen molar-refractivity contribution in [3.63, 3.8) is 0 Å². The predicted molar refractivity (Wildman–Crippen MR) is 67.2 cm³/mol. The molecule has 2 rings (SSSR count). The number of hydrogen-bond acceptors (Lipinski definition) is 4. The molecule has 0 amide bonds. The third-order valence-electron chi connectivity index (χ3n) is 1.90. The number of benzene rings is 1. The zero-order chi connectivity index (χ0) is 11.4. The second-order valence-corrected chi connectivity index (χ2v) is 4.47. The van der Waals surface area contributed by atoms with Crippen LogP contribution in [0.2, 0.25) is 5.02 Å². The average Bonchev–Trinajstić information content (AvgIpc) is 2.32. The molecule has 0 unspecified atom stereocenters. The lowest BCUT2D eigenvalue weighted by Gasteiger charge is -2.04. The Balaban J connectivity index is 2.24. The molecular weight excluding hydrogens is 242 g/mol. The molecule has 0 bridgehead atoms. The number of halogens is 1. The van der Waals surface area contributed by atoms with Crippen molar-refractivity contribution in [2.24, 2.45) is 0 Å². The van der Waals surface area contributed by atoms with E-state index in [0.29, 0.717) is 5.95 Å². The number of aromatic nitrogens is 2. The van der Waals surface area contributed by atoms with Crippen molar-refractivity contribution < 1.29 is 0 Å². The normalized spacial score (nSPS) is 10.1. The minimum Gasteiger partial charge on any atom is -0.357 e. The minimum absolute atomic E-state index is 0.608. The zero-order valence-corrected chi connectivity index (χ0v) is 10.2. The lowest BCUT2D eigenvalue weighted by molar-refractivity contribution is 1.05. The first-order chi connectivity index (χ1) is 7.79. The average molecular weight is 252 g/mol. The predicted octanol–water partition coefficient (Wildman–Crippen LogP) is 3.32. The molecule has 0 atom stereocenters. The van der Waals surface area contributed by atoms with Gasteiger partial charge in [0.15, 0.2) is 0 Å². The van der Waals surface area contributed by atoms with Gasteiger partial charge in [-0.1, -0.05) is 35.5 Å². The zero-order valence-electron chi connectivity index (χ0n) is 8.64. The topological polar surface area (TPSA) is 37.8 Å². The van der Waals surface area contributed by atoms with E-state index >= 15 is 0 Å². The van der Waals surface area contributed by atoms with Gasteiger partial charge in [0.05, 0.1) is 5.02 Å². The molecule has 0 aliphatic rings. The van der Waals surface area contributed by atoms with Crippen LogP contribution in [-0.2, 0) is 0 Å². The van der Waals surface area contributed by atoms with Crippen LogP contribution in [0.4, 0.5) is 5.95 Å². The molecule has 0 saturated heterocycles. The third-order valence-corrected chi connectivity index (χ3v) is 3.36. The molecule has 16 heavy (non-hydrogen) atoms. The molecule has 0 fully saturated rings. The second-order valence-electron chi connectivity index (χ2n) is 3.00. The molecule has 0 aliphatic carbocycles. The SMILES string of the molecule is CNc1nccc(Sc2ccccc2Cl)n1. The van der Waals surface area contributed by atoms with Gasteiger partial charge in [-0.25, -0.2) is 9.97 Å². The van der Waals surface area contributed by atoms with E-state index in [1.54, 1.807) is 13.2 Å². The molecule has 1 heterocycles. The Labute approximate surface area is 103 Å². The Morgan fingerprint density at radius 2 is 2.06 bits per heavy atom. The monoisotopic (exact) mass is 251 g/mol. The second kappa shape index (κ2) is 5.18. The quantitative estimate of drug-likeness (QED) is 0.850. The first kappa shape index (κ1) is 11.2. The maximum absolute atomic E-state index is 6.07. The van der Waals surface area contributed by atoms with Gasteiger partial charge in [-0.2, -0.15) is 0 Å². The molecule has 0 aliphatic heterocycles. The van der Waals surface area contributed by atoms with Gasteiger partial charge in [0.1, 0.15) is 5.03 Å². The van der Waals surface area contributed by atoms with Crippen molar-refractivity contribution >= 4 is 29.3 Å². The van der Waals surface area contributed by atoms with Gasteiger partial charge in [0.2, 0.25) is 5.95 Å². The van der Waals surface area contributed by atoms with Gasteiger partial charge in [0, 0.05) is 18.1 Å². The van der Waals surface area contributed by atoms with Crippen LogP contribution < -0.4 is 5.32 Å². The van der Waals surface area contributed by atoms with E-state index in [0.717, 1.165) is 14.9 Å². The molecule has 1 aromatic heterocycles. The van der Waals surface area contributed by atoms with Gasteiger partial charge in [0.25, 0.3) is 0 Å². The van der Waals surface area contributed by atoms with Crippen LogP contribution in [0.15, 0.2) is 46.5 Å². The molecule has 5 heteroatoms. The van der Waals surface area contributed by atoms with Crippen molar-refractivity contribution in [3.8, 4) is 0 Å². The van der Waals surface area contributed by atoms with Gasteiger partial charge in [-0.3, -0.25) is 0 Å². The maximum atomic E-state index is 6.07. The van der Waals surface area contributed by atoms with E-state index in [2.05, 4.69) is 15.3 Å². The summed E-state index contributed by atoms with van der Waals surface area (Å²) in [5.74, 6) is 0.608. The van der Waals surface area contributed by atoms with Crippen LogP contribution in [0.1, 0.15) is 0 Å². The van der Waals surface area contributed by atoms with Gasteiger partial charge < -0.3 is 5.32 Å². The molecule has 1 aromatic carbocycles. The summed E-state index contributed by atoms with van der Waals surface area (Å²) < 4.78 is 0. The molecule has 1 N–H and O–H groups in total. The summed E-state index contributed by atoms with van der Waals surface area (Å²) in [4.78, 5) is 9.35. The number of rotatable bonds is 3. The Morgan fingerprint density at radius 3 is 2.81 bits per heavy atom. The number of anilines is 1. The van der Waals surface area contributed by atoms with Crippen LogP contribution in [0.5, 0.6) is 0 Å². The number of nitrogens with one attached hydrogen (secondary N) is 1. The molecule has 2 aromatic rings. The van der Waals surface area contributed by atoms with E-state index in [-0.39, 0.29) is 0 Å². The van der Waals surface area contributed by atoms with Gasteiger partial charge in [-0.05, 0) is 18.2 Å². The summed E-state index contributed by atoms with van der Waals surface area (Å²) in [6, 6.07) is 9.55. The van der Waals surface area contributed by atoms with E-state index in [4.69, 9.17) is 11.6 Å². The molecule has 0 saturated carbocycles. The fourth-order valence-corrected chi connectivity index (χ4v) is 2.21. The van der Waals surface area contributed by atoms with Gasteiger partial charge >= 0.3 is 0 Å². The molecular formula is C11H10ClN3S. The van der Waals surface area contributed by atoms with Crippen LogP contribution in [0, 0.1) is 0 Å². The largest absolute Gasteiger partial charge is 0.357 e. The van der Waals surface area contributed by atoms with Crippen molar-refractivity contribution in [2.45, 2.75) is 9.92 Å². The Bertz CT molecular complexity index is 490. The minimum atomic E-state index is 0.608. The van der Waals surface area contributed by atoms with Crippen molar-refractivity contribution in [3.05, 3.63) is 41.6 Å². The summed E-state index contributed by atoms with van der Waals surface area (Å²) in [5, 5.41) is 4.50. The summed E-state index contributed by atoms with van der Waals surface area (Å²) in [6.45, 7) is 0. The highest BCUT2D eigenvalue weighted by Gasteiger charge is 2.03. The fourth-order valence-electron chi connectivity index (χ4n) is 1.16. The van der Waals surface area contributed by atoms with Crippen LogP contribution >= 0.6 is 23.4 Å². The summed E-state index contributed by atoms with van der Waals surface area (Å²) in [7, 11) is 1.79. The van der Waals surface area contributed by atoms with Gasteiger partial charge in [-0.15, -0.1) is 0 Å². The highest BCUT2D eigenvalue weighted by atomic mass is 35.5. The summed E-state index contributed by atoms with van der Waals surface area (Å²) >= 11 is 7.59. The fraction of sp³-hybridized carbons (Fsp3) is 0.0909. The standard InChI is InChI=1S/C11H10ClN3S/c1-13-11-14-7-6-10(15-11)16-9-5-3-2-4-8(9)12/h2-7H,1H3,(H,13,14,15). The number of hydrogen-bond donors (Lipinski definition) is 1. The third kappa shape index (κ3) is 2.65. The van der Waals surface area contributed by atoms with Crippen LogP contribution in [0.3, 0.4) is 0 Å². The first-order valence-electron chi connectivity index (χ1n) is 4.73.